The molecule has 0 radical (unpaired) electrons. The highest BCUT2D eigenvalue weighted by Gasteiger charge is 2.35. The molecule has 0 aromatic rings. The molecule has 0 aromatic carbocycles. The van der Waals surface area contributed by atoms with Gasteiger partial charge in [0.2, 0.25) is 0 Å². The van der Waals surface area contributed by atoms with Gasteiger partial charge in [-0.15, -0.1) is 0 Å². The van der Waals surface area contributed by atoms with Gasteiger partial charge in [-0.25, -0.2) is 0 Å². The molecule has 0 aliphatic rings. The summed E-state index contributed by atoms with van der Waals surface area (Å²) in [5, 5.41) is 0. The van der Waals surface area contributed by atoms with Crippen molar-refractivity contribution in [2.75, 3.05) is 6.61 Å². The molecule has 0 saturated carbocycles. The smallest absolute Gasteiger partial charge is 0.372 e. The van der Waals surface area contributed by atoms with Crippen LogP contribution < -0.4 is 0 Å². The average Bonchev–Trinajstić information content (AvgIpc) is 2.11. The van der Waals surface area contributed by atoms with Gasteiger partial charge in [-0.1, -0.05) is 54.8 Å². The van der Waals surface area contributed by atoms with Gasteiger partial charge in [0.15, 0.2) is 0 Å². The summed E-state index contributed by atoms with van der Waals surface area (Å²) in [5.74, 6) is 0. The van der Waals surface area contributed by atoms with Gasteiger partial charge in [0.1, 0.15) is 0 Å². The van der Waals surface area contributed by atoms with Crippen LogP contribution in [0, 0.1) is 0 Å². The molecule has 0 saturated heterocycles. The van der Waals surface area contributed by atoms with Crippen LogP contribution in [0.4, 0.5) is 0 Å². The Kier molecular flexibility index (Phi) is 9.24. The van der Waals surface area contributed by atoms with Crippen LogP contribution in [-0.2, 0) is 8.85 Å². The highest BCUT2D eigenvalue weighted by Crippen LogP contribution is 2.22. The first-order valence-electron chi connectivity index (χ1n) is 5.71. The minimum Gasteiger partial charge on any atom is -0.372 e. The third-order valence-corrected chi connectivity index (χ3v) is 4.61. The maximum absolute atomic E-state index is 5.93. The van der Waals surface area contributed by atoms with Gasteiger partial charge >= 0.3 is 7.18 Å². The molecule has 0 aliphatic heterocycles. The summed E-state index contributed by atoms with van der Waals surface area (Å²) in [7, 11) is -2.89. The van der Waals surface area contributed by atoms with E-state index in [4.69, 9.17) is 31.0 Å². The first-order chi connectivity index (χ1) is 7.02. The molecule has 0 bridgehead atoms. The van der Waals surface area contributed by atoms with Gasteiger partial charge in [0, 0.05) is 12.7 Å². The molecule has 0 amide bonds. The fraction of sp³-hybridized carbons (Fsp3) is 1.00. The van der Waals surface area contributed by atoms with Gasteiger partial charge in [-0.2, -0.15) is 0 Å². The second-order valence-electron chi connectivity index (χ2n) is 3.67. The molecule has 0 aromatic heterocycles. The van der Waals surface area contributed by atoms with E-state index in [0.29, 0.717) is 6.61 Å². The summed E-state index contributed by atoms with van der Waals surface area (Å²) in [6.45, 7) is 6.56. The van der Waals surface area contributed by atoms with Crippen LogP contribution in [0.1, 0.15) is 52.9 Å². The van der Waals surface area contributed by atoms with Crippen molar-refractivity contribution in [3.63, 3.8) is 0 Å². The molecule has 0 heterocycles. The van der Waals surface area contributed by atoms with Crippen LogP contribution in [0.2, 0.25) is 0 Å². The quantitative estimate of drug-likeness (QED) is 0.354. The molecule has 2 nitrogen and oxygen atoms in total. The first kappa shape index (κ1) is 15.7. The Bertz CT molecular complexity index is 156. The SMILES string of the molecule is CCCCCCC(C)O[Si](Cl)(Cl)OCC. The minimum absolute atomic E-state index is 0.0927. The van der Waals surface area contributed by atoms with Gasteiger partial charge in [-0.3, -0.25) is 0 Å². The third-order valence-electron chi connectivity index (χ3n) is 2.11. The van der Waals surface area contributed by atoms with Crippen molar-refractivity contribution >= 4 is 29.3 Å². The van der Waals surface area contributed by atoms with Crippen molar-refractivity contribution in [2.45, 2.75) is 59.0 Å². The van der Waals surface area contributed by atoms with Crippen LogP contribution in [0.5, 0.6) is 0 Å². The standard InChI is InChI=1S/C10H22Cl2O2Si/c1-4-6-7-8-9-10(3)14-15(11,12)13-5-2/h10H,4-9H2,1-3H3. The minimum atomic E-state index is -2.89. The zero-order valence-electron chi connectivity index (χ0n) is 9.89. The van der Waals surface area contributed by atoms with Crippen LogP contribution in [-0.4, -0.2) is 19.9 Å². The lowest BCUT2D eigenvalue weighted by Gasteiger charge is -2.21. The van der Waals surface area contributed by atoms with E-state index >= 15 is 0 Å². The van der Waals surface area contributed by atoms with Crippen LogP contribution >= 0.6 is 22.2 Å². The molecule has 5 heteroatoms. The van der Waals surface area contributed by atoms with Gasteiger partial charge in [0.25, 0.3) is 0 Å². The Labute approximate surface area is 104 Å². The fourth-order valence-corrected chi connectivity index (χ4v) is 3.91. The summed E-state index contributed by atoms with van der Waals surface area (Å²) in [5.41, 5.74) is 0. The van der Waals surface area contributed by atoms with Gasteiger partial charge in [-0.05, 0) is 20.3 Å². The summed E-state index contributed by atoms with van der Waals surface area (Å²) in [6, 6.07) is 0. The molecule has 92 valence electrons. The normalized spacial score (nSPS) is 14.2. The predicted molar refractivity (Wildman–Crippen MR) is 68.4 cm³/mol. The second kappa shape index (κ2) is 8.82. The predicted octanol–water partition coefficient (Wildman–Crippen LogP) is 4.31. The maximum Gasteiger partial charge on any atom is 0.551 e. The number of halogens is 2. The number of hydrogen-bond acceptors (Lipinski definition) is 2. The highest BCUT2D eigenvalue weighted by atomic mass is 35.7. The Hall–Kier alpha value is 0.717. The molecule has 0 N–H and O–H groups in total. The fourth-order valence-electron chi connectivity index (χ4n) is 1.35. The molecule has 0 rings (SSSR count). The average molecular weight is 273 g/mol. The number of unbranched alkanes of at least 4 members (excludes halogenated alkanes) is 3. The molecular weight excluding hydrogens is 251 g/mol. The summed E-state index contributed by atoms with van der Waals surface area (Å²) >= 11 is 11.9. The summed E-state index contributed by atoms with van der Waals surface area (Å²) in [6.07, 6.45) is 6.04. The van der Waals surface area contributed by atoms with Gasteiger partial charge in [0.05, 0.1) is 0 Å². The molecule has 0 aliphatic carbocycles. The third kappa shape index (κ3) is 9.63. The number of hydrogen-bond donors (Lipinski definition) is 0. The lowest BCUT2D eigenvalue weighted by atomic mass is 10.1. The topological polar surface area (TPSA) is 18.5 Å². The highest BCUT2D eigenvalue weighted by molar-refractivity contribution is 7.39. The lowest BCUT2D eigenvalue weighted by Crippen LogP contribution is -2.33. The van der Waals surface area contributed by atoms with Crippen LogP contribution in [0.25, 0.3) is 0 Å². The van der Waals surface area contributed by atoms with E-state index in [-0.39, 0.29) is 6.10 Å². The monoisotopic (exact) mass is 272 g/mol. The van der Waals surface area contributed by atoms with Crippen molar-refractivity contribution in [3.8, 4) is 0 Å². The van der Waals surface area contributed by atoms with Crippen molar-refractivity contribution in [1.82, 2.24) is 0 Å². The summed E-state index contributed by atoms with van der Waals surface area (Å²) in [4.78, 5) is 0. The zero-order valence-corrected chi connectivity index (χ0v) is 12.4. The van der Waals surface area contributed by atoms with Gasteiger partial charge < -0.3 is 8.85 Å². The molecule has 1 unspecified atom stereocenters. The molecule has 0 spiro atoms. The number of rotatable bonds is 9. The molecule has 0 fully saturated rings. The Morgan fingerprint density at radius 2 is 1.80 bits per heavy atom. The summed E-state index contributed by atoms with van der Waals surface area (Å²) < 4.78 is 10.7. The van der Waals surface area contributed by atoms with Crippen molar-refractivity contribution in [3.05, 3.63) is 0 Å². The van der Waals surface area contributed by atoms with Crippen molar-refractivity contribution in [2.24, 2.45) is 0 Å². The Morgan fingerprint density at radius 3 is 2.33 bits per heavy atom. The van der Waals surface area contributed by atoms with E-state index < -0.39 is 7.18 Å². The lowest BCUT2D eigenvalue weighted by molar-refractivity contribution is 0.148. The van der Waals surface area contributed by atoms with E-state index in [1.54, 1.807) is 0 Å². The Balaban J connectivity index is 3.58. The van der Waals surface area contributed by atoms with E-state index in [1.807, 2.05) is 13.8 Å². The van der Waals surface area contributed by atoms with Crippen LogP contribution in [0.15, 0.2) is 0 Å². The van der Waals surface area contributed by atoms with E-state index in [2.05, 4.69) is 6.92 Å². The first-order valence-corrected chi connectivity index (χ1v) is 9.55. The molecule has 1 atom stereocenters. The Morgan fingerprint density at radius 1 is 1.13 bits per heavy atom. The van der Waals surface area contributed by atoms with E-state index in [9.17, 15) is 0 Å². The zero-order chi connectivity index (χ0) is 11.7. The van der Waals surface area contributed by atoms with Crippen molar-refractivity contribution < 1.29 is 8.85 Å². The van der Waals surface area contributed by atoms with E-state index in [1.165, 1.54) is 25.7 Å². The second-order valence-corrected chi connectivity index (χ2v) is 8.69. The van der Waals surface area contributed by atoms with E-state index in [0.717, 1.165) is 6.42 Å². The van der Waals surface area contributed by atoms with Crippen molar-refractivity contribution in [1.29, 1.82) is 0 Å². The largest absolute Gasteiger partial charge is 0.551 e. The molecule has 15 heavy (non-hydrogen) atoms. The van der Waals surface area contributed by atoms with Crippen LogP contribution in [0.3, 0.4) is 0 Å². The molecular formula is C10H22Cl2O2Si. The maximum atomic E-state index is 5.93.